The Balaban J connectivity index is 3.08. The molecule has 0 fully saturated rings. The summed E-state index contributed by atoms with van der Waals surface area (Å²) in [6.07, 6.45) is 15.4. The van der Waals surface area contributed by atoms with Crippen molar-refractivity contribution < 1.29 is 52.8 Å². The van der Waals surface area contributed by atoms with Crippen LogP contribution in [0.1, 0.15) is 116 Å². The molecule has 0 aliphatic carbocycles. The lowest BCUT2D eigenvalue weighted by Gasteiger charge is -2.32. The minimum absolute atomic E-state index is 0.0642. The molecule has 52 heavy (non-hydrogen) atoms. The molecule has 0 aliphatic rings. The van der Waals surface area contributed by atoms with E-state index in [1.54, 1.807) is 30.3 Å². The van der Waals surface area contributed by atoms with Gasteiger partial charge in [0.05, 0.1) is 26.7 Å². The van der Waals surface area contributed by atoms with Gasteiger partial charge < -0.3 is 34.1 Å². The number of hydrogen-bond donors (Lipinski definition) is 2. The Hall–Kier alpha value is -3.77. The van der Waals surface area contributed by atoms with Crippen LogP contribution in [0.3, 0.4) is 0 Å². The molecule has 1 aromatic carbocycles. The van der Waals surface area contributed by atoms with Gasteiger partial charge in [0.1, 0.15) is 17.6 Å². The van der Waals surface area contributed by atoms with Crippen molar-refractivity contribution in [3.63, 3.8) is 0 Å². The number of Topliss-reactive ketones (excluding diaryl/α,β-unsaturated/α-hetero) is 1. The molecule has 2 N–H and O–H groups in total. The molecular formula is C40H63NO11. The number of carbonyl (C=O) groups is 5. The number of amides is 1. The van der Waals surface area contributed by atoms with Crippen molar-refractivity contribution in [2.45, 2.75) is 128 Å². The number of ketones is 1. The van der Waals surface area contributed by atoms with E-state index in [0.29, 0.717) is 43.0 Å². The maximum absolute atomic E-state index is 13.9. The smallest absolute Gasteiger partial charge is 0.344 e. The summed E-state index contributed by atoms with van der Waals surface area (Å²) < 4.78 is 25.5. The molecule has 294 valence electrons. The Bertz CT molecular complexity index is 1220. The lowest BCUT2D eigenvalue weighted by molar-refractivity contribution is -0.179. The van der Waals surface area contributed by atoms with Crippen LogP contribution < -0.4 is 10.1 Å². The highest BCUT2D eigenvalue weighted by Gasteiger charge is 2.48. The normalized spacial score (nSPS) is 13.5. The third-order valence-corrected chi connectivity index (χ3v) is 8.78. The number of aliphatic hydroxyl groups is 1. The van der Waals surface area contributed by atoms with Crippen molar-refractivity contribution in [2.24, 2.45) is 5.92 Å². The first-order valence-electron chi connectivity index (χ1n) is 18.8. The zero-order valence-corrected chi connectivity index (χ0v) is 32.1. The number of rotatable bonds is 30. The van der Waals surface area contributed by atoms with Crippen molar-refractivity contribution in [1.29, 1.82) is 0 Å². The molecule has 0 bridgehead atoms. The quantitative estimate of drug-likeness (QED) is 0.0413. The topological polar surface area (TPSA) is 164 Å². The van der Waals surface area contributed by atoms with Crippen LogP contribution in [0, 0.1) is 5.92 Å². The van der Waals surface area contributed by atoms with E-state index in [9.17, 15) is 29.1 Å². The Kier molecular flexibility index (Phi) is 24.7. The van der Waals surface area contributed by atoms with Crippen molar-refractivity contribution >= 4 is 29.6 Å². The van der Waals surface area contributed by atoms with Gasteiger partial charge >= 0.3 is 17.9 Å². The number of allylic oxidation sites excluding steroid dienone is 1. The van der Waals surface area contributed by atoms with Crippen molar-refractivity contribution in [3.8, 4) is 5.75 Å². The van der Waals surface area contributed by atoms with E-state index < -0.39 is 48.0 Å². The number of esters is 3. The van der Waals surface area contributed by atoms with Gasteiger partial charge in [-0.2, -0.15) is 0 Å². The van der Waals surface area contributed by atoms with Crippen LogP contribution >= 0.6 is 0 Å². The van der Waals surface area contributed by atoms with E-state index in [0.717, 1.165) is 58.5 Å². The van der Waals surface area contributed by atoms with Gasteiger partial charge in [0.25, 0.3) is 0 Å². The first kappa shape index (κ1) is 46.3. The molecular weight excluding hydrogens is 670 g/mol. The van der Waals surface area contributed by atoms with E-state index in [-0.39, 0.29) is 19.4 Å². The van der Waals surface area contributed by atoms with Crippen LogP contribution in [0.4, 0.5) is 0 Å². The standard InChI is InChI=1S/C40H63NO11/c1-6-8-10-13-16-19-32(42)20-17-14-11-12-15-18-21-34(40(47,26-28-48-3)39(46)52-30-36(43)49-4)37(44)41-35(38(45)50-5)29-31-22-24-33(25-23-31)51-27-9-7-2/h18,21-25,34-35,47H,6-17,19-20,26-30H2,1-5H3,(H,41,44)/t34-,35+,40+/m1/s1. The summed E-state index contributed by atoms with van der Waals surface area (Å²) in [5, 5.41) is 14.5. The van der Waals surface area contributed by atoms with Crippen molar-refractivity contribution in [3.05, 3.63) is 42.0 Å². The summed E-state index contributed by atoms with van der Waals surface area (Å²) >= 11 is 0. The fraction of sp³-hybridized carbons (Fsp3) is 0.675. The third-order valence-electron chi connectivity index (χ3n) is 8.78. The third kappa shape index (κ3) is 18.6. The van der Waals surface area contributed by atoms with E-state index in [2.05, 4.69) is 23.9 Å². The molecule has 0 heterocycles. The number of ether oxygens (including phenoxy) is 5. The van der Waals surface area contributed by atoms with Crippen molar-refractivity contribution in [2.75, 3.05) is 41.2 Å². The summed E-state index contributed by atoms with van der Waals surface area (Å²) in [7, 11) is 3.70. The maximum Gasteiger partial charge on any atom is 0.344 e. The highest BCUT2D eigenvalue weighted by atomic mass is 16.6. The van der Waals surface area contributed by atoms with Crippen molar-refractivity contribution in [1.82, 2.24) is 5.32 Å². The first-order chi connectivity index (χ1) is 25.1. The molecule has 0 spiro atoms. The van der Waals surface area contributed by atoms with Crippen LogP contribution in [0.2, 0.25) is 0 Å². The van der Waals surface area contributed by atoms with Gasteiger partial charge in [-0.05, 0) is 49.8 Å². The van der Waals surface area contributed by atoms with Gasteiger partial charge in [-0.1, -0.05) is 83.1 Å². The predicted molar refractivity (Wildman–Crippen MR) is 198 cm³/mol. The Morgan fingerprint density at radius 2 is 1.44 bits per heavy atom. The fourth-order valence-electron chi connectivity index (χ4n) is 5.52. The van der Waals surface area contributed by atoms with Crippen LogP contribution in [-0.2, 0) is 49.3 Å². The minimum Gasteiger partial charge on any atom is -0.494 e. The molecule has 0 aliphatic heterocycles. The SMILES string of the molecule is CCCCCCCC(=O)CCCCCCC=C[C@H](C(=O)N[C@@H](Cc1ccc(OCCCC)cc1)C(=O)OC)[C@@](O)(CCOC)C(=O)OCC(=O)OC. The second-order valence-corrected chi connectivity index (χ2v) is 13.0. The fourth-order valence-corrected chi connectivity index (χ4v) is 5.52. The van der Waals surface area contributed by atoms with Gasteiger partial charge in [-0.25, -0.2) is 14.4 Å². The van der Waals surface area contributed by atoms with Crippen LogP contribution in [0.5, 0.6) is 5.75 Å². The monoisotopic (exact) mass is 733 g/mol. The van der Waals surface area contributed by atoms with E-state index in [1.165, 1.54) is 39.6 Å². The van der Waals surface area contributed by atoms with Gasteiger partial charge in [-0.3, -0.25) is 9.59 Å². The summed E-state index contributed by atoms with van der Waals surface area (Å²) in [6.45, 7) is 3.93. The second-order valence-electron chi connectivity index (χ2n) is 13.0. The Morgan fingerprint density at radius 3 is 2.04 bits per heavy atom. The lowest BCUT2D eigenvalue weighted by atomic mass is 9.82. The highest BCUT2D eigenvalue weighted by Crippen LogP contribution is 2.27. The summed E-state index contributed by atoms with van der Waals surface area (Å²) in [6, 6.07) is 5.97. The molecule has 12 nitrogen and oxygen atoms in total. The van der Waals surface area contributed by atoms with Gasteiger partial charge in [-0.15, -0.1) is 0 Å². The number of benzene rings is 1. The number of carbonyl (C=O) groups excluding carboxylic acids is 5. The molecule has 0 saturated heterocycles. The minimum atomic E-state index is -2.46. The largest absolute Gasteiger partial charge is 0.494 e. The summed E-state index contributed by atoms with van der Waals surface area (Å²) in [5.74, 6) is -4.15. The molecule has 1 aromatic rings. The zero-order chi connectivity index (χ0) is 38.6. The molecule has 0 saturated carbocycles. The second kappa shape index (κ2) is 27.8. The maximum atomic E-state index is 13.9. The van der Waals surface area contributed by atoms with Crippen LogP contribution in [0.25, 0.3) is 0 Å². The van der Waals surface area contributed by atoms with E-state index >= 15 is 0 Å². The molecule has 12 heteroatoms. The van der Waals surface area contributed by atoms with E-state index in [1.807, 2.05) is 0 Å². The Labute approximate surface area is 310 Å². The molecule has 3 atom stereocenters. The molecule has 0 aromatic heterocycles. The lowest BCUT2D eigenvalue weighted by Crippen LogP contribution is -2.55. The number of nitrogens with one attached hydrogen (secondary N) is 1. The van der Waals surface area contributed by atoms with E-state index in [4.69, 9.17) is 18.9 Å². The number of hydrogen-bond acceptors (Lipinski definition) is 11. The van der Waals surface area contributed by atoms with Gasteiger partial charge in [0.15, 0.2) is 12.2 Å². The Morgan fingerprint density at radius 1 is 0.808 bits per heavy atom. The molecule has 1 amide bonds. The number of methoxy groups -OCH3 is 3. The summed E-state index contributed by atoms with van der Waals surface area (Å²) in [4.78, 5) is 64.1. The highest BCUT2D eigenvalue weighted by molar-refractivity contribution is 5.94. The molecule has 0 radical (unpaired) electrons. The summed E-state index contributed by atoms with van der Waals surface area (Å²) in [5.41, 5.74) is -1.74. The number of unbranched alkanes of at least 4 members (excludes halogenated alkanes) is 9. The zero-order valence-electron chi connectivity index (χ0n) is 32.1. The van der Waals surface area contributed by atoms with Crippen LogP contribution in [0.15, 0.2) is 36.4 Å². The molecule has 1 rings (SSSR count). The van der Waals surface area contributed by atoms with Crippen LogP contribution in [-0.4, -0.2) is 87.5 Å². The molecule has 0 unspecified atom stereocenters. The van der Waals surface area contributed by atoms with Gasteiger partial charge in [0, 0.05) is 39.4 Å². The van der Waals surface area contributed by atoms with Gasteiger partial charge in [0.2, 0.25) is 5.91 Å². The predicted octanol–water partition coefficient (Wildman–Crippen LogP) is 5.99. The average Bonchev–Trinajstić information content (AvgIpc) is 3.15. The first-order valence-corrected chi connectivity index (χ1v) is 18.8. The average molecular weight is 734 g/mol.